The van der Waals surface area contributed by atoms with Crippen LogP contribution in [0.25, 0.3) is 5.69 Å². The predicted molar refractivity (Wildman–Crippen MR) is 130 cm³/mol. The molecule has 2 atom stereocenters. The van der Waals surface area contributed by atoms with E-state index < -0.39 is 11.7 Å². The van der Waals surface area contributed by atoms with Crippen molar-refractivity contribution >= 4 is 11.7 Å². The third-order valence-electron chi connectivity index (χ3n) is 7.10. The zero-order chi connectivity index (χ0) is 25.1. The van der Waals surface area contributed by atoms with Crippen LogP contribution < -0.4 is 10.2 Å². The molecule has 10 heteroatoms. The number of carbonyl (C=O) groups excluding carboxylic acids is 1. The van der Waals surface area contributed by atoms with Gasteiger partial charge in [0.05, 0.1) is 17.4 Å². The van der Waals surface area contributed by atoms with Gasteiger partial charge < -0.3 is 19.7 Å². The number of carbonyl (C=O) groups is 1. The maximum absolute atomic E-state index is 13.2. The molecule has 2 fully saturated rings. The molecule has 4 heterocycles. The smallest absolute Gasteiger partial charge is 0.353 e. The molecule has 190 valence electrons. The first-order valence-corrected chi connectivity index (χ1v) is 12.3. The van der Waals surface area contributed by atoms with Crippen molar-refractivity contribution in [3.05, 3.63) is 72.4 Å². The minimum Gasteiger partial charge on any atom is -0.353 e. The molecule has 36 heavy (non-hydrogen) atoms. The first-order chi connectivity index (χ1) is 17.4. The van der Waals surface area contributed by atoms with Gasteiger partial charge in [-0.25, -0.2) is 4.98 Å². The number of piperazine rings is 1. The van der Waals surface area contributed by atoms with Crippen molar-refractivity contribution in [2.75, 3.05) is 31.1 Å². The highest BCUT2D eigenvalue weighted by atomic mass is 19.4. The van der Waals surface area contributed by atoms with Gasteiger partial charge in [-0.05, 0) is 55.7 Å². The van der Waals surface area contributed by atoms with Crippen molar-refractivity contribution < 1.29 is 18.0 Å². The molecule has 1 N–H and O–H groups in total. The van der Waals surface area contributed by atoms with E-state index in [2.05, 4.69) is 25.9 Å². The molecule has 1 aliphatic carbocycles. The van der Waals surface area contributed by atoms with Gasteiger partial charge in [-0.3, -0.25) is 9.78 Å². The van der Waals surface area contributed by atoms with Crippen LogP contribution in [0.1, 0.15) is 30.5 Å². The van der Waals surface area contributed by atoms with Crippen LogP contribution in [0.3, 0.4) is 0 Å². The topological polar surface area (TPSA) is 66.3 Å². The number of nitrogens with zero attached hydrogens (tertiary/aromatic N) is 5. The number of hydrogen-bond acceptors (Lipinski definition) is 5. The standard InChI is InChI=1S/C26H29F3N6O/c27-26(28,29)20-7-9-31-24(16-20)33-11-13-34(14-12-33)25(36)19-5-6-21(15-19)32-18-23-4-2-10-35(23)22-3-1-8-30-17-22/h1-4,7-10,16-17,19,21,32H,5-6,11-15,18H2. The highest BCUT2D eigenvalue weighted by Crippen LogP contribution is 2.31. The molecule has 3 aromatic heterocycles. The normalized spacial score (nSPS) is 20.6. The summed E-state index contributed by atoms with van der Waals surface area (Å²) in [5.41, 5.74) is 1.44. The molecule has 0 bridgehead atoms. The molecule has 2 unspecified atom stereocenters. The molecule has 1 saturated carbocycles. The summed E-state index contributed by atoms with van der Waals surface area (Å²) in [7, 11) is 0. The van der Waals surface area contributed by atoms with Crippen molar-refractivity contribution in [1.82, 2.24) is 24.8 Å². The lowest BCUT2D eigenvalue weighted by Crippen LogP contribution is -2.50. The van der Waals surface area contributed by atoms with Crippen LogP contribution in [0, 0.1) is 5.92 Å². The van der Waals surface area contributed by atoms with Gasteiger partial charge in [0.1, 0.15) is 5.82 Å². The van der Waals surface area contributed by atoms with Crippen LogP contribution in [-0.2, 0) is 17.5 Å². The van der Waals surface area contributed by atoms with Crippen LogP contribution in [-0.4, -0.2) is 57.6 Å². The summed E-state index contributed by atoms with van der Waals surface area (Å²) >= 11 is 0. The fourth-order valence-electron chi connectivity index (χ4n) is 5.13. The van der Waals surface area contributed by atoms with Crippen molar-refractivity contribution in [2.24, 2.45) is 5.92 Å². The second kappa shape index (κ2) is 10.3. The minimum atomic E-state index is -4.40. The summed E-state index contributed by atoms with van der Waals surface area (Å²) in [6, 6.07) is 10.3. The first kappa shape index (κ1) is 24.3. The number of alkyl halides is 3. The molecule has 5 rings (SSSR count). The maximum atomic E-state index is 13.2. The van der Waals surface area contributed by atoms with Crippen molar-refractivity contribution in [3.8, 4) is 5.69 Å². The van der Waals surface area contributed by atoms with Crippen molar-refractivity contribution in [3.63, 3.8) is 0 Å². The SMILES string of the molecule is O=C(C1CCC(NCc2cccn2-c2cccnc2)C1)N1CCN(c2cc(C(F)(F)F)ccn2)CC1. The van der Waals surface area contributed by atoms with Gasteiger partial charge in [0, 0.05) is 69.0 Å². The van der Waals surface area contributed by atoms with E-state index in [1.165, 1.54) is 6.20 Å². The average Bonchev–Trinajstić information content (AvgIpc) is 3.57. The number of amides is 1. The molecule has 1 aliphatic heterocycles. The number of anilines is 1. The summed E-state index contributed by atoms with van der Waals surface area (Å²) < 4.78 is 41.2. The lowest BCUT2D eigenvalue weighted by atomic mass is 10.1. The second-order valence-electron chi connectivity index (χ2n) is 9.38. The minimum absolute atomic E-state index is 0.0224. The van der Waals surface area contributed by atoms with E-state index in [4.69, 9.17) is 0 Å². The van der Waals surface area contributed by atoms with Gasteiger partial charge in [-0.1, -0.05) is 0 Å². The third-order valence-corrected chi connectivity index (χ3v) is 7.10. The Balaban J connectivity index is 1.11. The van der Waals surface area contributed by atoms with E-state index in [0.29, 0.717) is 38.5 Å². The molecular weight excluding hydrogens is 469 g/mol. The highest BCUT2D eigenvalue weighted by molar-refractivity contribution is 5.79. The molecular formula is C26H29F3N6O. The predicted octanol–water partition coefficient (Wildman–Crippen LogP) is 3.89. The molecule has 0 spiro atoms. The van der Waals surface area contributed by atoms with E-state index in [0.717, 1.165) is 42.8 Å². The molecule has 0 radical (unpaired) electrons. The van der Waals surface area contributed by atoms with E-state index in [-0.39, 0.29) is 17.9 Å². The van der Waals surface area contributed by atoms with Crippen LogP contribution in [0.5, 0.6) is 0 Å². The largest absolute Gasteiger partial charge is 0.416 e. The fourth-order valence-corrected chi connectivity index (χ4v) is 5.13. The van der Waals surface area contributed by atoms with E-state index in [9.17, 15) is 18.0 Å². The summed E-state index contributed by atoms with van der Waals surface area (Å²) in [6.07, 6.45) is 4.97. The monoisotopic (exact) mass is 498 g/mol. The number of halogens is 3. The van der Waals surface area contributed by atoms with Gasteiger partial charge in [-0.15, -0.1) is 0 Å². The van der Waals surface area contributed by atoms with E-state index in [1.807, 2.05) is 40.4 Å². The first-order valence-electron chi connectivity index (χ1n) is 12.3. The molecule has 1 amide bonds. The van der Waals surface area contributed by atoms with Crippen LogP contribution >= 0.6 is 0 Å². The molecule has 0 aromatic carbocycles. The molecule has 1 saturated heterocycles. The van der Waals surface area contributed by atoms with E-state index in [1.54, 1.807) is 6.20 Å². The lowest BCUT2D eigenvalue weighted by Gasteiger charge is -2.36. The van der Waals surface area contributed by atoms with E-state index >= 15 is 0 Å². The zero-order valence-electron chi connectivity index (χ0n) is 19.9. The zero-order valence-corrected chi connectivity index (χ0v) is 19.9. The molecule has 7 nitrogen and oxygen atoms in total. The second-order valence-corrected chi connectivity index (χ2v) is 9.38. The number of hydrogen-bond donors (Lipinski definition) is 1. The number of rotatable bonds is 6. The number of aromatic nitrogens is 3. The Labute approximate surface area is 207 Å². The third kappa shape index (κ3) is 5.38. The Morgan fingerprint density at radius 1 is 1.06 bits per heavy atom. The Morgan fingerprint density at radius 3 is 2.64 bits per heavy atom. The van der Waals surface area contributed by atoms with Gasteiger partial charge in [0.25, 0.3) is 0 Å². The molecule has 3 aromatic rings. The fraction of sp³-hybridized carbons (Fsp3) is 0.423. The van der Waals surface area contributed by atoms with Crippen LogP contribution in [0.2, 0.25) is 0 Å². The summed E-state index contributed by atoms with van der Waals surface area (Å²) in [5.74, 6) is 0.429. The number of nitrogens with one attached hydrogen (secondary N) is 1. The Hall–Kier alpha value is -3.40. The van der Waals surface area contributed by atoms with Crippen LogP contribution in [0.15, 0.2) is 61.2 Å². The Bertz CT molecular complexity index is 1170. The van der Waals surface area contributed by atoms with Crippen molar-refractivity contribution in [1.29, 1.82) is 0 Å². The Morgan fingerprint density at radius 2 is 1.89 bits per heavy atom. The van der Waals surface area contributed by atoms with Gasteiger partial charge in [-0.2, -0.15) is 13.2 Å². The average molecular weight is 499 g/mol. The molecule has 2 aliphatic rings. The summed E-state index contributed by atoms with van der Waals surface area (Å²) in [6.45, 7) is 2.63. The summed E-state index contributed by atoms with van der Waals surface area (Å²) in [4.78, 5) is 25.1. The maximum Gasteiger partial charge on any atom is 0.416 e. The quantitative estimate of drug-likeness (QED) is 0.559. The van der Waals surface area contributed by atoms with Crippen LogP contribution in [0.4, 0.5) is 19.0 Å². The summed E-state index contributed by atoms with van der Waals surface area (Å²) in [5, 5.41) is 3.61. The van der Waals surface area contributed by atoms with Gasteiger partial charge in [0.15, 0.2) is 0 Å². The van der Waals surface area contributed by atoms with Gasteiger partial charge >= 0.3 is 6.18 Å². The Kier molecular flexibility index (Phi) is 6.95. The van der Waals surface area contributed by atoms with Crippen molar-refractivity contribution in [2.45, 2.75) is 38.0 Å². The van der Waals surface area contributed by atoms with Gasteiger partial charge in [0.2, 0.25) is 5.91 Å². The highest BCUT2D eigenvalue weighted by Gasteiger charge is 2.35. The lowest BCUT2D eigenvalue weighted by molar-refractivity contribution is -0.137. The number of pyridine rings is 2.